The molecule has 35 heavy (non-hydrogen) atoms. The van der Waals surface area contributed by atoms with Gasteiger partial charge in [0.15, 0.2) is 5.16 Å². The lowest BCUT2D eigenvalue weighted by molar-refractivity contribution is -0.134. The summed E-state index contributed by atoms with van der Waals surface area (Å²) in [6, 6.07) is 24.2. The molecule has 4 aromatic rings. The molecule has 1 aliphatic rings. The minimum atomic E-state index is -0.570. The van der Waals surface area contributed by atoms with Crippen LogP contribution in [0.3, 0.4) is 0 Å². The van der Waals surface area contributed by atoms with E-state index in [4.69, 9.17) is 14.5 Å². The van der Waals surface area contributed by atoms with E-state index in [2.05, 4.69) is 0 Å². The normalized spacial score (nSPS) is 14.6. The lowest BCUT2D eigenvalue weighted by Gasteiger charge is -2.30. The number of thioether (sulfide) groups is 1. The van der Waals surface area contributed by atoms with Crippen LogP contribution in [0.1, 0.15) is 10.8 Å². The summed E-state index contributed by atoms with van der Waals surface area (Å²) >= 11 is 1.29. The summed E-state index contributed by atoms with van der Waals surface area (Å²) in [5.74, 6) is 0.603. The van der Waals surface area contributed by atoms with Crippen LogP contribution in [0.2, 0.25) is 0 Å². The summed E-state index contributed by atoms with van der Waals surface area (Å²) in [5, 5.41) is 0.382. The highest BCUT2D eigenvalue weighted by atomic mass is 32.2. The molecule has 7 nitrogen and oxygen atoms in total. The number of benzene rings is 3. The number of carbonyl (C=O) groups excluding carboxylic acids is 1. The van der Waals surface area contributed by atoms with E-state index >= 15 is 0 Å². The Balaban J connectivity index is 1.66. The van der Waals surface area contributed by atoms with Crippen molar-refractivity contribution >= 4 is 28.6 Å². The molecule has 1 aromatic heterocycles. The average molecular weight is 488 g/mol. The first-order valence-corrected chi connectivity index (χ1v) is 12.3. The maximum Gasteiger partial charge on any atom is 0.266 e. The van der Waals surface area contributed by atoms with Crippen molar-refractivity contribution in [1.29, 1.82) is 0 Å². The Morgan fingerprint density at radius 3 is 2.51 bits per heavy atom. The van der Waals surface area contributed by atoms with Gasteiger partial charge in [0.05, 0.1) is 36.9 Å². The van der Waals surface area contributed by atoms with Crippen molar-refractivity contribution in [2.45, 2.75) is 10.4 Å². The third kappa shape index (κ3) is 4.80. The standard InChI is InChI=1S/C27H25N3O4S/c1-33-21-11-7-10-20(18-21)30-25(31)22-12-5-6-13-23(22)28-27(30)35-24(19-8-3-2-4-9-19)26(32)29-14-16-34-17-15-29/h2-13,18,24H,14-17H2,1H3/t24-/m0/s1. The van der Waals surface area contributed by atoms with Gasteiger partial charge in [-0.25, -0.2) is 4.98 Å². The number of para-hydroxylation sites is 1. The summed E-state index contributed by atoms with van der Waals surface area (Å²) in [6.45, 7) is 2.11. The summed E-state index contributed by atoms with van der Waals surface area (Å²) in [6.07, 6.45) is 0. The van der Waals surface area contributed by atoms with Gasteiger partial charge in [-0.3, -0.25) is 14.2 Å². The zero-order valence-corrected chi connectivity index (χ0v) is 20.1. The molecular weight excluding hydrogens is 462 g/mol. The van der Waals surface area contributed by atoms with Gasteiger partial charge in [0.2, 0.25) is 5.91 Å². The van der Waals surface area contributed by atoms with E-state index in [9.17, 15) is 9.59 Å². The molecule has 0 radical (unpaired) electrons. The molecule has 0 spiro atoms. The summed E-state index contributed by atoms with van der Waals surface area (Å²) in [7, 11) is 1.59. The van der Waals surface area contributed by atoms with Gasteiger partial charge >= 0.3 is 0 Å². The molecule has 0 unspecified atom stereocenters. The van der Waals surface area contributed by atoms with E-state index in [1.807, 2.05) is 71.6 Å². The Morgan fingerprint density at radius 1 is 1.00 bits per heavy atom. The number of morpholine rings is 1. The number of ether oxygens (including phenoxy) is 2. The zero-order valence-electron chi connectivity index (χ0n) is 19.3. The SMILES string of the molecule is COc1cccc(-n2c(S[C@H](C(=O)N3CCOCC3)c3ccccc3)nc3ccccc3c2=O)c1. The van der Waals surface area contributed by atoms with Gasteiger partial charge in [-0.1, -0.05) is 60.3 Å². The van der Waals surface area contributed by atoms with Gasteiger partial charge in [-0.15, -0.1) is 0 Å². The fourth-order valence-electron chi connectivity index (χ4n) is 4.11. The predicted molar refractivity (Wildman–Crippen MR) is 136 cm³/mol. The topological polar surface area (TPSA) is 73.7 Å². The van der Waals surface area contributed by atoms with Crippen molar-refractivity contribution in [1.82, 2.24) is 14.5 Å². The monoisotopic (exact) mass is 487 g/mol. The molecule has 0 aliphatic carbocycles. The first kappa shape index (κ1) is 23.1. The number of hydrogen-bond acceptors (Lipinski definition) is 6. The summed E-state index contributed by atoms with van der Waals surface area (Å²) in [5.41, 5.74) is 1.87. The molecule has 0 N–H and O–H groups in total. The first-order valence-electron chi connectivity index (χ1n) is 11.4. The fourth-order valence-corrected chi connectivity index (χ4v) is 5.31. The minimum Gasteiger partial charge on any atom is -0.497 e. The maximum absolute atomic E-state index is 13.7. The van der Waals surface area contributed by atoms with Crippen molar-refractivity contribution in [3.8, 4) is 11.4 Å². The second-order valence-electron chi connectivity index (χ2n) is 8.10. The lowest BCUT2D eigenvalue weighted by atomic mass is 10.1. The third-order valence-corrected chi connectivity index (χ3v) is 7.12. The smallest absolute Gasteiger partial charge is 0.266 e. The van der Waals surface area contributed by atoms with Gasteiger partial charge < -0.3 is 14.4 Å². The van der Waals surface area contributed by atoms with Crippen LogP contribution in [0.25, 0.3) is 16.6 Å². The second kappa shape index (κ2) is 10.3. The van der Waals surface area contributed by atoms with Gasteiger partial charge in [-0.05, 0) is 29.8 Å². The average Bonchev–Trinajstić information content (AvgIpc) is 2.92. The number of methoxy groups -OCH3 is 1. The molecule has 8 heteroatoms. The molecule has 0 bridgehead atoms. The molecule has 178 valence electrons. The maximum atomic E-state index is 13.7. The number of hydrogen-bond donors (Lipinski definition) is 0. The van der Waals surface area contributed by atoms with Gasteiger partial charge in [0, 0.05) is 19.2 Å². The number of amides is 1. The highest BCUT2D eigenvalue weighted by Crippen LogP contribution is 2.37. The summed E-state index contributed by atoms with van der Waals surface area (Å²) < 4.78 is 12.4. The van der Waals surface area contributed by atoms with Gasteiger partial charge in [0.25, 0.3) is 5.56 Å². The lowest BCUT2D eigenvalue weighted by Crippen LogP contribution is -2.42. The van der Waals surface area contributed by atoms with Crippen molar-refractivity contribution in [3.05, 3.63) is 94.8 Å². The molecule has 1 aliphatic heterocycles. The van der Waals surface area contributed by atoms with E-state index in [1.54, 1.807) is 23.8 Å². The number of carbonyl (C=O) groups is 1. The quantitative estimate of drug-likeness (QED) is 0.301. The number of rotatable bonds is 6. The molecule has 1 amide bonds. The van der Waals surface area contributed by atoms with E-state index in [-0.39, 0.29) is 11.5 Å². The Labute approximate surface area is 207 Å². The molecule has 3 aromatic carbocycles. The van der Waals surface area contributed by atoms with E-state index in [0.29, 0.717) is 53.8 Å². The predicted octanol–water partition coefficient (Wildman–Crippen LogP) is 4.09. The van der Waals surface area contributed by atoms with Crippen molar-refractivity contribution in [3.63, 3.8) is 0 Å². The molecule has 1 saturated heterocycles. The van der Waals surface area contributed by atoms with Crippen LogP contribution in [0.4, 0.5) is 0 Å². The van der Waals surface area contributed by atoms with Crippen LogP contribution in [0.5, 0.6) is 5.75 Å². The van der Waals surface area contributed by atoms with Gasteiger partial charge in [0.1, 0.15) is 11.0 Å². The highest BCUT2D eigenvalue weighted by Gasteiger charge is 2.30. The second-order valence-corrected chi connectivity index (χ2v) is 9.17. The van der Waals surface area contributed by atoms with Crippen molar-refractivity contribution < 1.29 is 14.3 Å². The Hall–Kier alpha value is -3.62. The number of nitrogens with zero attached hydrogens (tertiary/aromatic N) is 3. The highest BCUT2D eigenvalue weighted by molar-refractivity contribution is 8.00. The largest absolute Gasteiger partial charge is 0.497 e. The van der Waals surface area contributed by atoms with E-state index in [0.717, 1.165) is 5.56 Å². The Kier molecular flexibility index (Phi) is 6.83. The number of aromatic nitrogens is 2. The van der Waals surface area contributed by atoms with E-state index < -0.39 is 5.25 Å². The first-order chi connectivity index (χ1) is 17.2. The number of fused-ring (bicyclic) bond motifs is 1. The fraction of sp³-hybridized carbons (Fsp3) is 0.222. The van der Waals surface area contributed by atoms with Crippen LogP contribution >= 0.6 is 11.8 Å². The van der Waals surface area contributed by atoms with Gasteiger partial charge in [-0.2, -0.15) is 0 Å². The third-order valence-electron chi connectivity index (χ3n) is 5.93. The van der Waals surface area contributed by atoms with Crippen LogP contribution in [-0.4, -0.2) is 53.8 Å². The van der Waals surface area contributed by atoms with Crippen molar-refractivity contribution in [2.24, 2.45) is 0 Å². The molecular formula is C27H25N3O4S. The van der Waals surface area contributed by atoms with Crippen LogP contribution in [-0.2, 0) is 9.53 Å². The molecule has 1 fully saturated rings. The van der Waals surface area contributed by atoms with Crippen LogP contribution in [0.15, 0.2) is 88.8 Å². The molecule has 0 saturated carbocycles. The molecule has 1 atom stereocenters. The molecule has 5 rings (SSSR count). The van der Waals surface area contributed by atoms with Crippen LogP contribution in [0, 0.1) is 0 Å². The minimum absolute atomic E-state index is 0.0240. The van der Waals surface area contributed by atoms with Crippen molar-refractivity contribution in [2.75, 3.05) is 33.4 Å². The van der Waals surface area contributed by atoms with Crippen LogP contribution < -0.4 is 10.3 Å². The zero-order chi connectivity index (χ0) is 24.2. The summed E-state index contributed by atoms with van der Waals surface area (Å²) in [4.78, 5) is 34.1. The Morgan fingerprint density at radius 2 is 1.74 bits per heavy atom. The van der Waals surface area contributed by atoms with E-state index in [1.165, 1.54) is 11.8 Å². The molecule has 2 heterocycles. The Bertz CT molecular complexity index is 1400.